The third-order valence-electron chi connectivity index (χ3n) is 5.13. The standard InChI is InChI=1S/C19H24N4O6/c1-21-17(24)14(18(25)22(2)19(21)26)11-9-12(23(3)20-11)10-7-8-13(27-4)16(29-6)15(10)28-5/h7-8,12,24H,9H2,1-6H3/t12-/m1/s1. The van der Waals surface area contributed by atoms with Crippen molar-refractivity contribution in [3.8, 4) is 23.1 Å². The normalized spacial score (nSPS) is 16.0. The highest BCUT2D eigenvalue weighted by atomic mass is 16.5. The van der Waals surface area contributed by atoms with Crippen LogP contribution in [0.4, 0.5) is 0 Å². The summed E-state index contributed by atoms with van der Waals surface area (Å²) in [7, 11) is 9.12. The predicted octanol–water partition coefficient (Wildman–Crippen LogP) is 0.596. The summed E-state index contributed by atoms with van der Waals surface area (Å²) in [6.07, 6.45) is 0.323. The number of aromatic nitrogens is 2. The molecule has 1 aromatic carbocycles. The second kappa shape index (κ2) is 7.53. The lowest BCUT2D eigenvalue weighted by atomic mass is 9.98. The molecule has 2 heterocycles. The summed E-state index contributed by atoms with van der Waals surface area (Å²) in [5.41, 5.74) is -0.0436. The van der Waals surface area contributed by atoms with Gasteiger partial charge < -0.3 is 19.3 Å². The van der Waals surface area contributed by atoms with Crippen LogP contribution < -0.4 is 25.5 Å². The van der Waals surface area contributed by atoms with Crippen molar-refractivity contribution in [1.82, 2.24) is 14.1 Å². The molecule has 0 aliphatic carbocycles. The largest absolute Gasteiger partial charge is 0.494 e. The highest BCUT2D eigenvalue weighted by Gasteiger charge is 2.33. The monoisotopic (exact) mass is 404 g/mol. The molecule has 0 spiro atoms. The first kappa shape index (κ1) is 20.3. The van der Waals surface area contributed by atoms with Gasteiger partial charge in [0.05, 0.1) is 33.1 Å². The second-order valence-corrected chi connectivity index (χ2v) is 6.67. The molecule has 10 heteroatoms. The first-order valence-electron chi connectivity index (χ1n) is 8.85. The van der Waals surface area contributed by atoms with E-state index in [1.807, 2.05) is 6.07 Å². The van der Waals surface area contributed by atoms with E-state index in [0.717, 1.165) is 14.7 Å². The van der Waals surface area contributed by atoms with Gasteiger partial charge in [-0.15, -0.1) is 0 Å². The zero-order valence-corrected chi connectivity index (χ0v) is 17.2. The maximum absolute atomic E-state index is 12.6. The van der Waals surface area contributed by atoms with Gasteiger partial charge in [0.1, 0.15) is 5.56 Å². The van der Waals surface area contributed by atoms with Crippen LogP contribution >= 0.6 is 0 Å². The Bertz CT molecular complexity index is 1100. The molecule has 156 valence electrons. The van der Waals surface area contributed by atoms with Crippen molar-refractivity contribution < 1.29 is 19.3 Å². The van der Waals surface area contributed by atoms with E-state index in [0.29, 0.717) is 29.4 Å². The SMILES string of the molecule is COc1ccc([C@H]2CC(c3c(O)n(C)c(=O)n(C)c3=O)=NN2C)c(OC)c1OC. The van der Waals surface area contributed by atoms with Gasteiger partial charge in [-0.2, -0.15) is 5.10 Å². The number of aromatic hydroxyl groups is 1. The third kappa shape index (κ3) is 3.10. The van der Waals surface area contributed by atoms with Crippen molar-refractivity contribution in [2.24, 2.45) is 19.2 Å². The molecular weight excluding hydrogens is 380 g/mol. The van der Waals surface area contributed by atoms with Crippen LogP contribution in [-0.2, 0) is 14.1 Å². The van der Waals surface area contributed by atoms with Crippen LogP contribution in [0.5, 0.6) is 23.1 Å². The van der Waals surface area contributed by atoms with Gasteiger partial charge in [-0.05, 0) is 12.1 Å². The van der Waals surface area contributed by atoms with E-state index in [9.17, 15) is 14.7 Å². The molecular formula is C19H24N4O6. The molecule has 1 N–H and O–H groups in total. The molecule has 10 nitrogen and oxygen atoms in total. The first-order chi connectivity index (χ1) is 13.8. The molecule has 0 bridgehead atoms. The van der Waals surface area contributed by atoms with Crippen LogP contribution in [-0.4, -0.2) is 53.3 Å². The second-order valence-electron chi connectivity index (χ2n) is 6.67. The molecule has 0 amide bonds. The predicted molar refractivity (Wildman–Crippen MR) is 106 cm³/mol. The van der Waals surface area contributed by atoms with E-state index in [2.05, 4.69) is 5.10 Å². The van der Waals surface area contributed by atoms with Gasteiger partial charge in [-0.1, -0.05) is 0 Å². The van der Waals surface area contributed by atoms with E-state index in [-0.39, 0.29) is 11.6 Å². The van der Waals surface area contributed by atoms with Crippen molar-refractivity contribution in [3.05, 3.63) is 44.1 Å². The summed E-state index contributed by atoms with van der Waals surface area (Å²) in [5.74, 6) is 1.07. The van der Waals surface area contributed by atoms with Crippen molar-refractivity contribution >= 4 is 5.71 Å². The first-order valence-corrected chi connectivity index (χ1v) is 8.85. The number of nitrogens with zero attached hydrogens (tertiary/aromatic N) is 4. The molecule has 1 aromatic heterocycles. The number of benzene rings is 1. The fourth-order valence-corrected chi connectivity index (χ4v) is 3.55. The number of hydrogen-bond donors (Lipinski definition) is 1. The van der Waals surface area contributed by atoms with Gasteiger partial charge in [0, 0.05) is 33.1 Å². The fourth-order valence-electron chi connectivity index (χ4n) is 3.55. The Kier molecular flexibility index (Phi) is 5.27. The highest BCUT2D eigenvalue weighted by molar-refractivity contribution is 6.03. The Morgan fingerprint density at radius 1 is 1.00 bits per heavy atom. The lowest BCUT2D eigenvalue weighted by Gasteiger charge is -2.23. The lowest BCUT2D eigenvalue weighted by Crippen LogP contribution is -2.39. The van der Waals surface area contributed by atoms with Crippen LogP contribution in [0.15, 0.2) is 26.8 Å². The van der Waals surface area contributed by atoms with Crippen LogP contribution in [0.3, 0.4) is 0 Å². The van der Waals surface area contributed by atoms with Crippen molar-refractivity contribution in [2.45, 2.75) is 12.5 Å². The minimum absolute atomic E-state index is 0.00314. The Morgan fingerprint density at radius 3 is 2.24 bits per heavy atom. The van der Waals surface area contributed by atoms with E-state index in [1.165, 1.54) is 35.4 Å². The number of methoxy groups -OCH3 is 3. The number of hydrazone groups is 1. The Balaban J connectivity index is 2.09. The van der Waals surface area contributed by atoms with Gasteiger partial charge in [0.2, 0.25) is 11.6 Å². The summed E-state index contributed by atoms with van der Waals surface area (Å²) in [5, 5.41) is 16.6. The summed E-state index contributed by atoms with van der Waals surface area (Å²) < 4.78 is 18.3. The van der Waals surface area contributed by atoms with E-state index < -0.39 is 17.1 Å². The van der Waals surface area contributed by atoms with Gasteiger partial charge in [0.15, 0.2) is 11.5 Å². The van der Waals surface area contributed by atoms with Crippen molar-refractivity contribution in [2.75, 3.05) is 28.4 Å². The van der Waals surface area contributed by atoms with E-state index >= 15 is 0 Å². The summed E-state index contributed by atoms with van der Waals surface area (Å²) in [6, 6.07) is 3.34. The van der Waals surface area contributed by atoms with Crippen LogP contribution in [0.2, 0.25) is 0 Å². The van der Waals surface area contributed by atoms with Gasteiger partial charge >= 0.3 is 5.69 Å². The minimum Gasteiger partial charge on any atom is -0.494 e. The zero-order valence-electron chi connectivity index (χ0n) is 17.2. The summed E-state index contributed by atoms with van der Waals surface area (Å²) in [4.78, 5) is 24.7. The molecule has 29 heavy (non-hydrogen) atoms. The van der Waals surface area contributed by atoms with Crippen LogP contribution in [0.25, 0.3) is 0 Å². The average Bonchev–Trinajstić information content (AvgIpc) is 3.10. The van der Waals surface area contributed by atoms with Crippen molar-refractivity contribution in [1.29, 1.82) is 0 Å². The third-order valence-corrected chi connectivity index (χ3v) is 5.13. The van der Waals surface area contributed by atoms with Crippen LogP contribution in [0.1, 0.15) is 23.6 Å². The molecule has 0 saturated heterocycles. The fraction of sp³-hybridized carbons (Fsp3) is 0.421. The van der Waals surface area contributed by atoms with Gasteiger partial charge in [-0.25, -0.2) is 4.79 Å². The molecule has 0 radical (unpaired) electrons. The Morgan fingerprint density at radius 2 is 1.66 bits per heavy atom. The number of hydrogen-bond acceptors (Lipinski definition) is 8. The Labute approximate surface area is 167 Å². The summed E-state index contributed by atoms with van der Waals surface area (Å²) in [6.45, 7) is 0. The maximum atomic E-state index is 12.6. The molecule has 0 unspecified atom stereocenters. The number of rotatable bonds is 5. The lowest BCUT2D eigenvalue weighted by molar-refractivity contribution is 0.273. The highest BCUT2D eigenvalue weighted by Crippen LogP contribution is 2.45. The van der Waals surface area contributed by atoms with E-state index in [1.54, 1.807) is 18.1 Å². The molecule has 1 aliphatic heterocycles. The Hall–Kier alpha value is -3.43. The molecule has 1 atom stereocenters. The molecule has 1 aliphatic rings. The number of ether oxygens (including phenoxy) is 3. The molecule has 3 rings (SSSR count). The molecule has 2 aromatic rings. The molecule has 0 fully saturated rings. The molecule has 0 saturated carbocycles. The van der Waals surface area contributed by atoms with Crippen LogP contribution in [0, 0.1) is 0 Å². The smallest absolute Gasteiger partial charge is 0.333 e. The van der Waals surface area contributed by atoms with Gasteiger partial charge in [0.25, 0.3) is 5.56 Å². The quantitative estimate of drug-likeness (QED) is 0.777. The van der Waals surface area contributed by atoms with E-state index in [4.69, 9.17) is 14.2 Å². The van der Waals surface area contributed by atoms with Gasteiger partial charge in [-0.3, -0.25) is 18.9 Å². The topological polar surface area (TPSA) is 108 Å². The minimum atomic E-state index is -0.610. The maximum Gasteiger partial charge on any atom is 0.333 e. The zero-order chi connectivity index (χ0) is 21.5. The van der Waals surface area contributed by atoms with Crippen molar-refractivity contribution in [3.63, 3.8) is 0 Å². The average molecular weight is 404 g/mol. The summed E-state index contributed by atoms with van der Waals surface area (Å²) >= 11 is 0.